The van der Waals surface area contributed by atoms with Crippen LogP contribution >= 0.6 is 11.6 Å². The first-order valence-corrected chi connectivity index (χ1v) is 7.37. The van der Waals surface area contributed by atoms with Gasteiger partial charge < -0.3 is 10.4 Å². The summed E-state index contributed by atoms with van der Waals surface area (Å²) in [5, 5.41) is 16.2. The second kappa shape index (κ2) is 6.55. The molecule has 0 radical (unpaired) electrons. The Morgan fingerprint density at radius 1 is 1.08 bits per heavy atom. The molecule has 2 N–H and O–H groups in total. The molecule has 0 aliphatic carbocycles. The molecule has 1 aromatic heterocycles. The fourth-order valence-corrected chi connectivity index (χ4v) is 2.24. The minimum absolute atomic E-state index is 0.0504. The predicted octanol–water partition coefficient (Wildman–Crippen LogP) is 3.48. The lowest BCUT2D eigenvalue weighted by atomic mass is 10.2. The van der Waals surface area contributed by atoms with E-state index in [0.29, 0.717) is 22.0 Å². The van der Waals surface area contributed by atoms with E-state index in [2.05, 4.69) is 10.4 Å². The third-order valence-electron chi connectivity index (χ3n) is 3.28. The summed E-state index contributed by atoms with van der Waals surface area (Å²) >= 11 is 5.81. The molecule has 0 fully saturated rings. The van der Waals surface area contributed by atoms with E-state index in [9.17, 15) is 9.59 Å². The number of carbonyl (C=O) groups excluding carboxylic acids is 1. The van der Waals surface area contributed by atoms with Crippen LogP contribution in [-0.2, 0) is 0 Å². The highest BCUT2D eigenvalue weighted by Gasteiger charge is 2.09. The number of aromatic carboxylic acids is 1. The zero-order valence-corrected chi connectivity index (χ0v) is 13.1. The van der Waals surface area contributed by atoms with E-state index in [1.807, 2.05) is 0 Å². The van der Waals surface area contributed by atoms with E-state index >= 15 is 0 Å². The van der Waals surface area contributed by atoms with Crippen molar-refractivity contribution in [1.82, 2.24) is 9.78 Å². The summed E-state index contributed by atoms with van der Waals surface area (Å²) in [7, 11) is 0. The lowest BCUT2D eigenvalue weighted by molar-refractivity contribution is 0.0689. The van der Waals surface area contributed by atoms with Crippen molar-refractivity contribution >= 4 is 29.2 Å². The molecule has 24 heavy (non-hydrogen) atoms. The monoisotopic (exact) mass is 341 g/mol. The number of hydrogen-bond acceptors (Lipinski definition) is 3. The van der Waals surface area contributed by atoms with Gasteiger partial charge in [-0.25, -0.2) is 9.48 Å². The van der Waals surface area contributed by atoms with Gasteiger partial charge in [0.05, 0.1) is 5.69 Å². The van der Waals surface area contributed by atoms with Crippen molar-refractivity contribution in [3.63, 3.8) is 0 Å². The zero-order valence-electron chi connectivity index (χ0n) is 12.3. The molecule has 1 heterocycles. The largest absolute Gasteiger partial charge is 0.476 e. The van der Waals surface area contributed by atoms with Crippen LogP contribution in [0.5, 0.6) is 0 Å². The number of hydrogen-bond donors (Lipinski definition) is 2. The van der Waals surface area contributed by atoms with Gasteiger partial charge in [0.2, 0.25) is 0 Å². The SMILES string of the molecule is O=C(Nc1cccc(-n2ccc(C(=O)O)n2)c1)c1ccc(Cl)cc1. The Morgan fingerprint density at radius 2 is 1.83 bits per heavy atom. The molecule has 0 saturated heterocycles. The highest BCUT2D eigenvalue weighted by molar-refractivity contribution is 6.30. The van der Waals surface area contributed by atoms with Crippen LogP contribution in [0.1, 0.15) is 20.8 Å². The van der Waals surface area contributed by atoms with Crippen LogP contribution in [0.2, 0.25) is 5.02 Å². The van der Waals surface area contributed by atoms with E-state index in [0.717, 1.165) is 0 Å². The van der Waals surface area contributed by atoms with Crippen LogP contribution in [0.4, 0.5) is 5.69 Å². The van der Waals surface area contributed by atoms with Crippen molar-refractivity contribution in [2.24, 2.45) is 0 Å². The molecule has 0 saturated carbocycles. The molecule has 7 heteroatoms. The van der Waals surface area contributed by atoms with E-state index in [1.54, 1.807) is 54.7 Å². The number of amides is 1. The fourth-order valence-electron chi connectivity index (χ4n) is 2.11. The molecule has 0 aliphatic rings. The predicted molar refractivity (Wildman–Crippen MR) is 89.9 cm³/mol. The molecule has 0 bridgehead atoms. The number of nitrogens with one attached hydrogen (secondary N) is 1. The number of aromatic nitrogens is 2. The van der Waals surface area contributed by atoms with Gasteiger partial charge in [-0.15, -0.1) is 0 Å². The third kappa shape index (κ3) is 3.44. The average molecular weight is 342 g/mol. The maximum absolute atomic E-state index is 12.2. The minimum atomic E-state index is -1.10. The first-order chi connectivity index (χ1) is 11.5. The summed E-state index contributed by atoms with van der Waals surface area (Å²) in [5.74, 6) is -1.36. The number of carboxylic acid groups (broad SMARTS) is 1. The number of anilines is 1. The van der Waals surface area contributed by atoms with Crippen molar-refractivity contribution in [1.29, 1.82) is 0 Å². The van der Waals surface area contributed by atoms with E-state index in [-0.39, 0.29) is 11.6 Å². The minimum Gasteiger partial charge on any atom is -0.476 e. The van der Waals surface area contributed by atoms with Crippen LogP contribution < -0.4 is 5.32 Å². The zero-order chi connectivity index (χ0) is 17.1. The quantitative estimate of drug-likeness (QED) is 0.761. The van der Waals surface area contributed by atoms with Crippen LogP contribution in [0.3, 0.4) is 0 Å². The maximum atomic E-state index is 12.2. The van der Waals surface area contributed by atoms with Gasteiger partial charge in [-0.05, 0) is 48.5 Å². The van der Waals surface area contributed by atoms with E-state index in [4.69, 9.17) is 16.7 Å². The molecule has 0 spiro atoms. The molecule has 0 aliphatic heterocycles. The number of nitrogens with zero attached hydrogens (tertiary/aromatic N) is 2. The summed E-state index contributed by atoms with van der Waals surface area (Å²) in [6, 6.07) is 14.9. The van der Waals surface area contributed by atoms with E-state index in [1.165, 1.54) is 10.7 Å². The molecule has 3 rings (SSSR count). The van der Waals surface area contributed by atoms with Gasteiger partial charge in [0, 0.05) is 22.5 Å². The molecule has 1 amide bonds. The number of carboxylic acids is 1. The Kier molecular flexibility index (Phi) is 4.31. The molecule has 3 aromatic rings. The Hall–Kier alpha value is -3.12. The molecule has 120 valence electrons. The molecule has 0 unspecified atom stereocenters. The van der Waals surface area contributed by atoms with Gasteiger partial charge in [-0.1, -0.05) is 17.7 Å². The summed E-state index contributed by atoms with van der Waals surface area (Å²) in [6.45, 7) is 0. The van der Waals surface area contributed by atoms with Crippen molar-refractivity contribution < 1.29 is 14.7 Å². The van der Waals surface area contributed by atoms with Crippen LogP contribution in [-0.4, -0.2) is 26.8 Å². The highest BCUT2D eigenvalue weighted by atomic mass is 35.5. The summed E-state index contributed by atoms with van der Waals surface area (Å²) < 4.78 is 1.43. The molecule has 6 nitrogen and oxygen atoms in total. The Bertz CT molecular complexity index is 903. The number of benzene rings is 2. The molecular weight excluding hydrogens is 330 g/mol. The second-order valence-electron chi connectivity index (χ2n) is 4.96. The first kappa shape index (κ1) is 15.8. The second-order valence-corrected chi connectivity index (χ2v) is 5.40. The Morgan fingerprint density at radius 3 is 2.50 bits per heavy atom. The van der Waals surface area contributed by atoms with Gasteiger partial charge >= 0.3 is 5.97 Å². The van der Waals surface area contributed by atoms with Gasteiger partial charge in [0.1, 0.15) is 0 Å². The number of halogens is 1. The van der Waals surface area contributed by atoms with Crippen LogP contribution in [0.15, 0.2) is 60.8 Å². The van der Waals surface area contributed by atoms with Crippen molar-refractivity contribution in [2.45, 2.75) is 0 Å². The first-order valence-electron chi connectivity index (χ1n) is 6.99. The normalized spacial score (nSPS) is 10.4. The van der Waals surface area contributed by atoms with E-state index < -0.39 is 5.97 Å². The maximum Gasteiger partial charge on any atom is 0.356 e. The lowest BCUT2D eigenvalue weighted by Crippen LogP contribution is -2.12. The van der Waals surface area contributed by atoms with Crippen LogP contribution in [0.25, 0.3) is 5.69 Å². The molecule has 2 aromatic carbocycles. The smallest absolute Gasteiger partial charge is 0.356 e. The summed E-state index contributed by atoms with van der Waals surface area (Å²) in [5.41, 5.74) is 1.64. The van der Waals surface area contributed by atoms with Crippen molar-refractivity contribution in [3.8, 4) is 5.69 Å². The topological polar surface area (TPSA) is 84.2 Å². The van der Waals surface area contributed by atoms with Crippen molar-refractivity contribution in [3.05, 3.63) is 77.1 Å². The van der Waals surface area contributed by atoms with Gasteiger partial charge in [0.25, 0.3) is 5.91 Å². The van der Waals surface area contributed by atoms with Gasteiger partial charge in [0.15, 0.2) is 5.69 Å². The summed E-state index contributed by atoms with van der Waals surface area (Å²) in [4.78, 5) is 23.1. The van der Waals surface area contributed by atoms with Crippen molar-refractivity contribution in [2.75, 3.05) is 5.32 Å². The Labute approximate surface area is 142 Å². The van der Waals surface area contributed by atoms with Gasteiger partial charge in [-0.3, -0.25) is 4.79 Å². The number of rotatable bonds is 4. The fraction of sp³-hybridized carbons (Fsp3) is 0. The van der Waals surface area contributed by atoms with Crippen LogP contribution in [0, 0.1) is 0 Å². The molecule has 0 atom stereocenters. The highest BCUT2D eigenvalue weighted by Crippen LogP contribution is 2.16. The third-order valence-corrected chi connectivity index (χ3v) is 3.54. The van der Waals surface area contributed by atoms with Gasteiger partial charge in [-0.2, -0.15) is 5.10 Å². The standard InChI is InChI=1S/C17H12ClN3O3/c18-12-6-4-11(5-7-12)16(22)19-13-2-1-3-14(10-13)21-9-8-15(20-21)17(23)24/h1-10H,(H,19,22)(H,23,24). The Balaban J connectivity index is 1.81. The lowest BCUT2D eigenvalue weighted by Gasteiger charge is -2.08. The summed E-state index contributed by atoms with van der Waals surface area (Å²) in [6.07, 6.45) is 1.55. The molecular formula is C17H12ClN3O3. The average Bonchev–Trinajstić information content (AvgIpc) is 3.06. The number of carbonyl (C=O) groups is 2.